The van der Waals surface area contributed by atoms with Crippen LogP contribution in [0, 0.1) is 0 Å². The van der Waals surface area contributed by atoms with Crippen LogP contribution in [-0.4, -0.2) is 6.61 Å². The van der Waals surface area contributed by atoms with Crippen molar-refractivity contribution in [1.29, 1.82) is 0 Å². The molecule has 0 radical (unpaired) electrons. The summed E-state index contributed by atoms with van der Waals surface area (Å²) in [6.45, 7) is 2.57. The van der Waals surface area contributed by atoms with E-state index in [1.165, 1.54) is 5.56 Å². The number of rotatable bonds is 5. The summed E-state index contributed by atoms with van der Waals surface area (Å²) in [6, 6.07) is 15.4. The summed E-state index contributed by atoms with van der Waals surface area (Å²) in [4.78, 5) is 0. The van der Waals surface area contributed by atoms with Crippen molar-refractivity contribution in [3.05, 3.63) is 64.7 Å². The van der Waals surface area contributed by atoms with Gasteiger partial charge in [0.1, 0.15) is 12.4 Å². The summed E-state index contributed by atoms with van der Waals surface area (Å²) < 4.78 is 5.82. The number of para-hydroxylation sites is 1. The number of hydrogen-bond donors (Lipinski definition) is 1. The minimum absolute atomic E-state index is 0.151. The van der Waals surface area contributed by atoms with Crippen molar-refractivity contribution in [2.45, 2.75) is 19.4 Å². The number of ether oxygens (including phenoxy) is 1. The van der Waals surface area contributed by atoms with Crippen LogP contribution in [0.2, 0.25) is 5.02 Å². The molecule has 2 rings (SSSR count). The van der Waals surface area contributed by atoms with Gasteiger partial charge in [-0.25, -0.2) is 0 Å². The first-order valence-corrected chi connectivity index (χ1v) is 6.80. The Morgan fingerprint density at radius 1 is 1.11 bits per heavy atom. The van der Waals surface area contributed by atoms with Crippen molar-refractivity contribution in [3.8, 4) is 5.75 Å². The summed E-state index contributed by atoms with van der Waals surface area (Å²) >= 11 is 5.86. The predicted octanol–water partition coefficient (Wildman–Crippen LogP) is 3.98. The molecule has 2 aromatic carbocycles. The maximum atomic E-state index is 6.12. The Kier molecular flexibility index (Phi) is 4.83. The molecule has 0 aliphatic rings. The highest BCUT2D eigenvalue weighted by molar-refractivity contribution is 6.30. The summed E-state index contributed by atoms with van der Waals surface area (Å²) in [5, 5.41) is 0.716. The SMILES string of the molecule is CCc1ccccc1OCC(N)c1ccc(Cl)cc1. The molecule has 2 N–H and O–H groups in total. The van der Waals surface area contributed by atoms with E-state index in [4.69, 9.17) is 22.1 Å². The van der Waals surface area contributed by atoms with Crippen LogP contribution >= 0.6 is 11.6 Å². The summed E-state index contributed by atoms with van der Waals surface area (Å²) in [7, 11) is 0. The molecular weight excluding hydrogens is 258 g/mol. The van der Waals surface area contributed by atoms with E-state index in [-0.39, 0.29) is 6.04 Å². The molecule has 19 heavy (non-hydrogen) atoms. The van der Waals surface area contributed by atoms with Gasteiger partial charge in [0.2, 0.25) is 0 Å². The van der Waals surface area contributed by atoms with Gasteiger partial charge in [-0.1, -0.05) is 48.9 Å². The first-order chi connectivity index (χ1) is 9.20. The second-order valence-electron chi connectivity index (χ2n) is 4.43. The fourth-order valence-electron chi connectivity index (χ4n) is 1.92. The maximum absolute atomic E-state index is 6.12. The number of benzene rings is 2. The minimum Gasteiger partial charge on any atom is -0.491 e. The van der Waals surface area contributed by atoms with Crippen molar-refractivity contribution in [3.63, 3.8) is 0 Å². The molecule has 1 atom stereocenters. The molecule has 1 unspecified atom stereocenters. The van der Waals surface area contributed by atoms with E-state index < -0.39 is 0 Å². The fraction of sp³-hybridized carbons (Fsp3) is 0.250. The third-order valence-corrected chi connectivity index (χ3v) is 3.32. The lowest BCUT2D eigenvalue weighted by atomic mass is 10.1. The first-order valence-electron chi connectivity index (χ1n) is 6.42. The molecule has 0 saturated carbocycles. The van der Waals surface area contributed by atoms with Crippen LogP contribution in [0.4, 0.5) is 0 Å². The van der Waals surface area contributed by atoms with Crippen molar-refractivity contribution in [1.82, 2.24) is 0 Å². The Labute approximate surface area is 119 Å². The maximum Gasteiger partial charge on any atom is 0.122 e. The lowest BCUT2D eigenvalue weighted by Gasteiger charge is -2.15. The molecule has 100 valence electrons. The molecule has 0 saturated heterocycles. The third kappa shape index (κ3) is 3.72. The highest BCUT2D eigenvalue weighted by Gasteiger charge is 2.08. The minimum atomic E-state index is -0.151. The van der Waals surface area contributed by atoms with Gasteiger partial charge in [-0.15, -0.1) is 0 Å². The van der Waals surface area contributed by atoms with Gasteiger partial charge in [0.25, 0.3) is 0 Å². The monoisotopic (exact) mass is 275 g/mol. The van der Waals surface area contributed by atoms with Gasteiger partial charge >= 0.3 is 0 Å². The number of nitrogens with two attached hydrogens (primary N) is 1. The molecule has 0 heterocycles. The Hall–Kier alpha value is -1.51. The molecule has 0 bridgehead atoms. The van der Waals surface area contributed by atoms with E-state index in [0.29, 0.717) is 11.6 Å². The van der Waals surface area contributed by atoms with Crippen LogP contribution in [0.3, 0.4) is 0 Å². The number of hydrogen-bond acceptors (Lipinski definition) is 2. The Balaban J connectivity index is 2.00. The van der Waals surface area contributed by atoms with E-state index in [2.05, 4.69) is 13.0 Å². The zero-order chi connectivity index (χ0) is 13.7. The molecule has 2 nitrogen and oxygen atoms in total. The van der Waals surface area contributed by atoms with Crippen LogP contribution in [0.5, 0.6) is 5.75 Å². The average Bonchev–Trinajstić information content (AvgIpc) is 2.45. The molecule has 0 aliphatic heterocycles. The molecule has 2 aromatic rings. The van der Waals surface area contributed by atoms with Crippen LogP contribution in [0.15, 0.2) is 48.5 Å². The van der Waals surface area contributed by atoms with Gasteiger partial charge in [0.15, 0.2) is 0 Å². The van der Waals surface area contributed by atoms with E-state index in [1.807, 2.05) is 42.5 Å². The molecule has 0 spiro atoms. The van der Waals surface area contributed by atoms with Gasteiger partial charge in [-0.05, 0) is 35.7 Å². The summed E-state index contributed by atoms with van der Waals surface area (Å²) in [5.41, 5.74) is 8.34. The predicted molar refractivity (Wildman–Crippen MR) is 79.7 cm³/mol. The normalized spacial score (nSPS) is 12.2. The molecule has 0 aromatic heterocycles. The van der Waals surface area contributed by atoms with E-state index in [0.717, 1.165) is 17.7 Å². The van der Waals surface area contributed by atoms with E-state index in [9.17, 15) is 0 Å². The topological polar surface area (TPSA) is 35.2 Å². The van der Waals surface area contributed by atoms with Gasteiger partial charge in [0.05, 0.1) is 6.04 Å². The smallest absolute Gasteiger partial charge is 0.122 e. The second kappa shape index (κ2) is 6.60. The van der Waals surface area contributed by atoms with Crippen molar-refractivity contribution in [2.75, 3.05) is 6.61 Å². The largest absolute Gasteiger partial charge is 0.491 e. The Bertz CT molecular complexity index is 525. The standard InChI is InChI=1S/C16H18ClNO/c1-2-12-5-3-4-6-16(12)19-11-15(18)13-7-9-14(17)10-8-13/h3-10,15H,2,11,18H2,1H3. The van der Waals surface area contributed by atoms with E-state index >= 15 is 0 Å². The fourth-order valence-corrected chi connectivity index (χ4v) is 2.05. The zero-order valence-corrected chi connectivity index (χ0v) is 11.7. The van der Waals surface area contributed by atoms with Crippen LogP contribution < -0.4 is 10.5 Å². The Morgan fingerprint density at radius 3 is 2.47 bits per heavy atom. The average molecular weight is 276 g/mol. The zero-order valence-electron chi connectivity index (χ0n) is 11.0. The summed E-state index contributed by atoms with van der Waals surface area (Å²) in [6.07, 6.45) is 0.951. The highest BCUT2D eigenvalue weighted by Crippen LogP contribution is 2.21. The molecular formula is C16H18ClNO. The number of aryl methyl sites for hydroxylation is 1. The molecule has 0 amide bonds. The van der Waals surface area contributed by atoms with Gasteiger partial charge in [0, 0.05) is 5.02 Å². The van der Waals surface area contributed by atoms with E-state index in [1.54, 1.807) is 0 Å². The lowest BCUT2D eigenvalue weighted by Crippen LogP contribution is -2.19. The van der Waals surface area contributed by atoms with Crippen LogP contribution in [0.1, 0.15) is 24.1 Å². The highest BCUT2D eigenvalue weighted by atomic mass is 35.5. The van der Waals surface area contributed by atoms with Gasteiger partial charge in [-0.3, -0.25) is 0 Å². The number of halogens is 1. The van der Waals surface area contributed by atoms with Crippen LogP contribution in [0.25, 0.3) is 0 Å². The van der Waals surface area contributed by atoms with Crippen molar-refractivity contribution < 1.29 is 4.74 Å². The lowest BCUT2D eigenvalue weighted by molar-refractivity contribution is 0.288. The van der Waals surface area contributed by atoms with Crippen molar-refractivity contribution in [2.24, 2.45) is 5.73 Å². The first kappa shape index (κ1) is 13.9. The second-order valence-corrected chi connectivity index (χ2v) is 4.87. The third-order valence-electron chi connectivity index (χ3n) is 3.07. The van der Waals surface area contributed by atoms with Gasteiger partial charge in [-0.2, -0.15) is 0 Å². The van der Waals surface area contributed by atoms with Crippen molar-refractivity contribution >= 4 is 11.6 Å². The van der Waals surface area contributed by atoms with Crippen LogP contribution in [-0.2, 0) is 6.42 Å². The molecule has 3 heteroatoms. The Morgan fingerprint density at radius 2 is 1.79 bits per heavy atom. The van der Waals surface area contributed by atoms with Gasteiger partial charge < -0.3 is 10.5 Å². The summed E-state index contributed by atoms with van der Waals surface area (Å²) in [5.74, 6) is 0.911. The molecule has 0 aliphatic carbocycles. The molecule has 0 fully saturated rings. The quantitative estimate of drug-likeness (QED) is 0.896.